The van der Waals surface area contributed by atoms with Gasteiger partial charge in [0, 0.05) is 78.9 Å². The first-order chi connectivity index (χ1) is 23.7. The molecule has 0 unspecified atom stereocenters. The molecule has 0 aliphatic heterocycles. The number of hydrogen-bond donors (Lipinski definition) is 0. The fourth-order valence-corrected chi connectivity index (χ4v) is 5.91. The van der Waals surface area contributed by atoms with Crippen LogP contribution in [0.2, 0.25) is 0 Å². The van der Waals surface area contributed by atoms with Crippen LogP contribution in [0, 0.1) is 30.1 Å². The van der Waals surface area contributed by atoms with Gasteiger partial charge in [-0.3, -0.25) is 27.7 Å². The zero-order valence-electron chi connectivity index (χ0n) is 27.2. The first-order valence-electron chi connectivity index (χ1n) is 15.6. The molecule has 243 valence electrons. The Morgan fingerprint density at radius 3 is 2.16 bits per heavy atom. The second-order valence-electron chi connectivity index (χ2n) is 11.3. The molecular weight excluding hydrogens is 881 g/mol. The van der Waals surface area contributed by atoms with E-state index in [0.29, 0.717) is 0 Å². The van der Waals surface area contributed by atoms with Gasteiger partial charge in [0.25, 0.3) is 0 Å². The van der Waals surface area contributed by atoms with Crippen molar-refractivity contribution >= 4 is 41.0 Å². The molecule has 2 aromatic heterocycles. The van der Waals surface area contributed by atoms with E-state index in [2.05, 4.69) is 101 Å². The van der Waals surface area contributed by atoms with Crippen LogP contribution in [0.25, 0.3) is 72.0 Å². The van der Waals surface area contributed by atoms with Gasteiger partial charge in [0.2, 0.25) is 0 Å². The first-order valence-corrected chi connectivity index (χ1v) is 15.6. The summed E-state index contributed by atoms with van der Waals surface area (Å²) in [7, 11) is 0. The van der Waals surface area contributed by atoms with Crippen molar-refractivity contribution in [3.05, 3.63) is 188 Å². The quantitative estimate of drug-likeness (QED) is 0.100. The Bertz CT molecular complexity index is 2520. The molecule has 0 N–H and O–H groups in total. The van der Waals surface area contributed by atoms with Crippen LogP contribution in [-0.4, -0.2) is 22.9 Å². The summed E-state index contributed by atoms with van der Waals surface area (Å²) in [5.74, 6) is 0.546. The number of rotatable bonds is 4. The number of aromatic nitrogens is 3. The van der Waals surface area contributed by atoms with Crippen LogP contribution < -0.4 is 0 Å². The number of imidazole rings is 1. The molecule has 51 heavy (non-hydrogen) atoms. The van der Waals surface area contributed by atoms with Crippen LogP contribution in [0.1, 0.15) is 0 Å². The van der Waals surface area contributed by atoms with E-state index in [1.165, 1.54) is 33.7 Å². The summed E-state index contributed by atoms with van der Waals surface area (Å²) in [6.07, 6.45) is 1.70. The molecule has 9 rings (SSSR count). The fourth-order valence-electron chi connectivity index (χ4n) is 5.91. The smallest absolute Gasteiger partial charge is 0.0668 e. The number of benzene rings is 7. The monoisotopic (exact) mass is 908 g/mol. The zero-order chi connectivity index (χ0) is 32.3. The number of para-hydroxylation sites is 3. The second-order valence-corrected chi connectivity index (χ2v) is 11.3. The summed E-state index contributed by atoms with van der Waals surface area (Å²) in [6, 6.07) is 62.9. The van der Waals surface area contributed by atoms with Crippen LogP contribution >= 0.6 is 0 Å². The Balaban J connectivity index is 0.000000269. The van der Waals surface area contributed by atoms with Crippen molar-refractivity contribution in [2.45, 2.75) is 0 Å². The third kappa shape index (κ3) is 8.01. The number of nitrogens with zero attached hydrogens (tertiary/aromatic N) is 3. The Hall–Kier alpha value is -4.57. The first kappa shape index (κ1) is 37.7. The molecule has 2 heterocycles. The topological polar surface area (TPSA) is 30.7 Å². The number of pyridine rings is 1. The van der Waals surface area contributed by atoms with Gasteiger partial charge in [0.05, 0.1) is 11.0 Å². The predicted octanol–water partition coefficient (Wildman–Crippen LogP) is 10.4. The summed E-state index contributed by atoms with van der Waals surface area (Å²) in [6.45, 7) is 0. The molecule has 0 aliphatic carbocycles. The van der Waals surface area contributed by atoms with Crippen molar-refractivity contribution in [2.75, 3.05) is 0 Å². The van der Waals surface area contributed by atoms with Gasteiger partial charge < -0.3 is 20.6 Å². The average Bonchev–Trinajstić information content (AvgIpc) is 3.56. The third-order valence-electron chi connectivity index (χ3n) is 8.22. The van der Waals surface area contributed by atoms with E-state index in [0.717, 1.165) is 50.5 Å². The molecule has 0 atom stereocenters. The minimum absolute atomic E-state index is 0. The number of hydrogen-bond acceptors (Lipinski definition) is 2. The molecular formula is C44H26BFIrN3Y-4. The van der Waals surface area contributed by atoms with Gasteiger partial charge in [-0.25, -0.2) is 6.07 Å². The molecule has 0 saturated heterocycles. The summed E-state index contributed by atoms with van der Waals surface area (Å²) in [5.41, 5.74) is 7.49. The molecule has 9 aromatic rings. The van der Waals surface area contributed by atoms with Crippen LogP contribution in [0.5, 0.6) is 0 Å². The van der Waals surface area contributed by atoms with Crippen molar-refractivity contribution in [1.29, 1.82) is 0 Å². The van der Waals surface area contributed by atoms with Crippen molar-refractivity contribution < 1.29 is 57.2 Å². The molecule has 3 nitrogen and oxygen atoms in total. The minimum Gasteiger partial charge on any atom is -0.374 e. The maximum atomic E-state index is 12.6. The van der Waals surface area contributed by atoms with E-state index in [9.17, 15) is 4.39 Å². The van der Waals surface area contributed by atoms with Crippen LogP contribution in [0.3, 0.4) is 0 Å². The van der Waals surface area contributed by atoms with Crippen LogP contribution in [-0.2, 0) is 52.8 Å². The molecule has 7 heteroatoms. The van der Waals surface area contributed by atoms with Gasteiger partial charge in [-0.05, 0) is 52.6 Å². The van der Waals surface area contributed by atoms with Gasteiger partial charge in [-0.15, -0.1) is 48.0 Å². The largest absolute Gasteiger partial charge is 0.374 e. The summed E-state index contributed by atoms with van der Waals surface area (Å²) in [4.78, 5) is 9.10. The number of halogens is 1. The van der Waals surface area contributed by atoms with Gasteiger partial charge >= 0.3 is 0 Å². The van der Waals surface area contributed by atoms with E-state index in [4.69, 9.17) is 4.98 Å². The number of fused-ring (bicyclic) bond motifs is 4. The average molecular weight is 908 g/mol. The molecule has 0 saturated carbocycles. The van der Waals surface area contributed by atoms with Gasteiger partial charge in [0.1, 0.15) is 0 Å². The van der Waals surface area contributed by atoms with Gasteiger partial charge in [-0.1, -0.05) is 89.6 Å². The van der Waals surface area contributed by atoms with Crippen molar-refractivity contribution in [3.8, 4) is 39.5 Å². The SMILES string of the molecule is Fc1c[c-]c(-c2ccccn2)cc1.[B].[Ir].[Y].[c-]1ccc(-c2[c-]cc3ccc4ccccc4c3c2)[c-]c1-c1nc2ccccc2n1-c1ccccc1. The van der Waals surface area contributed by atoms with Crippen molar-refractivity contribution in [2.24, 2.45) is 0 Å². The Kier molecular flexibility index (Phi) is 12.6. The third-order valence-corrected chi connectivity index (χ3v) is 8.22. The standard InChI is InChI=1S/C33H19N2.C11H7FN.B.Ir.Y/c1-2-12-28(13-3-1)35-32-16-7-6-15-31(32)34-33(35)27-11-8-10-25(21-27)26-20-19-24-18-17-23-9-4-5-14-29(23)30(24)22-26;12-10-6-4-9(5-7-10)11-3-1-2-8-13-11;;;/h1-10,12-19,22H;1-4,6-8H;;;/q-3;-1;;;. The van der Waals surface area contributed by atoms with E-state index in [1.54, 1.807) is 12.3 Å². The van der Waals surface area contributed by atoms with E-state index in [-0.39, 0.29) is 67.0 Å². The Morgan fingerprint density at radius 2 is 1.35 bits per heavy atom. The molecule has 0 fully saturated rings. The van der Waals surface area contributed by atoms with Crippen LogP contribution in [0.4, 0.5) is 4.39 Å². The Morgan fingerprint density at radius 1 is 0.608 bits per heavy atom. The second kappa shape index (κ2) is 17.1. The maximum absolute atomic E-state index is 12.6. The fraction of sp³-hybridized carbons (Fsp3) is 0. The van der Waals surface area contributed by atoms with Gasteiger partial charge in [0.15, 0.2) is 0 Å². The maximum Gasteiger partial charge on any atom is 0.0668 e. The van der Waals surface area contributed by atoms with Crippen LogP contribution in [0.15, 0.2) is 158 Å². The van der Waals surface area contributed by atoms with Crippen molar-refractivity contribution in [1.82, 2.24) is 14.5 Å². The van der Waals surface area contributed by atoms with Crippen molar-refractivity contribution in [3.63, 3.8) is 0 Å². The normalized spacial score (nSPS) is 10.4. The summed E-state index contributed by atoms with van der Waals surface area (Å²) in [5, 5.41) is 4.88. The van der Waals surface area contributed by atoms with Gasteiger partial charge in [-0.2, -0.15) is 5.56 Å². The predicted molar refractivity (Wildman–Crippen MR) is 198 cm³/mol. The molecule has 0 amide bonds. The summed E-state index contributed by atoms with van der Waals surface area (Å²) < 4.78 is 14.7. The van der Waals surface area contributed by atoms with E-state index in [1.807, 2.05) is 66.7 Å². The minimum atomic E-state index is -0.278. The zero-order valence-corrected chi connectivity index (χ0v) is 32.5. The molecule has 0 spiro atoms. The molecule has 5 radical (unpaired) electrons. The van der Waals surface area contributed by atoms with E-state index >= 15 is 0 Å². The van der Waals surface area contributed by atoms with E-state index < -0.39 is 0 Å². The molecule has 0 bridgehead atoms. The Labute approximate surface area is 337 Å². The molecule has 0 aliphatic rings. The summed E-state index contributed by atoms with van der Waals surface area (Å²) >= 11 is 0. The molecule has 7 aromatic carbocycles.